The Hall–Kier alpha value is -1.03. The number of nitrogens with two attached hydrogens (primary N) is 1. The van der Waals surface area contributed by atoms with Crippen molar-refractivity contribution in [1.82, 2.24) is 9.78 Å². The van der Waals surface area contributed by atoms with Gasteiger partial charge in [-0.2, -0.15) is 0 Å². The first-order chi connectivity index (χ1) is 6.94. The van der Waals surface area contributed by atoms with Crippen LogP contribution in [-0.2, 0) is 13.0 Å². The van der Waals surface area contributed by atoms with E-state index in [0.29, 0.717) is 13.1 Å². The summed E-state index contributed by atoms with van der Waals surface area (Å²) in [5.74, 6) is 0. The molecule has 0 aliphatic rings. The lowest BCUT2D eigenvalue weighted by molar-refractivity contribution is 0.320. The number of rotatable bonds is 4. The van der Waals surface area contributed by atoms with Crippen LogP contribution in [0.2, 0.25) is 0 Å². The summed E-state index contributed by atoms with van der Waals surface area (Å²) in [6.07, 6.45) is 3.43. The maximum Gasteiger partial charge on any atom is 0.269 e. The van der Waals surface area contributed by atoms with Crippen molar-refractivity contribution >= 4 is 0 Å². The van der Waals surface area contributed by atoms with Gasteiger partial charge in [-0.25, -0.2) is 0 Å². The molecule has 0 aromatic carbocycles. The van der Waals surface area contributed by atoms with E-state index in [1.54, 1.807) is 10.9 Å². The lowest BCUT2D eigenvalue weighted by Crippen LogP contribution is -2.26. The molecule has 15 heavy (non-hydrogen) atoms. The standard InChI is InChI=1S/C11H21N3O/c1-11(2,3)8-14-10(15)9(7-13-14)5-4-6-12/h7,13H,4-6,8,12H2,1-3H3. The second kappa shape index (κ2) is 4.66. The van der Waals surface area contributed by atoms with Crippen molar-refractivity contribution in [3.63, 3.8) is 0 Å². The predicted molar refractivity (Wildman–Crippen MR) is 61.9 cm³/mol. The van der Waals surface area contributed by atoms with Gasteiger partial charge in [-0.05, 0) is 24.8 Å². The summed E-state index contributed by atoms with van der Waals surface area (Å²) in [7, 11) is 0. The van der Waals surface area contributed by atoms with E-state index in [1.165, 1.54) is 0 Å². The lowest BCUT2D eigenvalue weighted by atomic mass is 9.97. The van der Waals surface area contributed by atoms with Gasteiger partial charge in [-0.3, -0.25) is 9.48 Å². The Morgan fingerprint density at radius 1 is 1.47 bits per heavy atom. The molecule has 3 N–H and O–H groups in total. The van der Waals surface area contributed by atoms with Crippen molar-refractivity contribution in [2.24, 2.45) is 11.1 Å². The fraction of sp³-hybridized carbons (Fsp3) is 0.727. The van der Waals surface area contributed by atoms with Gasteiger partial charge in [0, 0.05) is 18.3 Å². The average molecular weight is 211 g/mol. The minimum Gasteiger partial charge on any atom is -0.330 e. The predicted octanol–water partition coefficient (Wildman–Crippen LogP) is 1.11. The molecule has 0 bridgehead atoms. The number of hydrogen-bond acceptors (Lipinski definition) is 2. The summed E-state index contributed by atoms with van der Waals surface area (Å²) in [6.45, 7) is 7.68. The Morgan fingerprint density at radius 3 is 2.67 bits per heavy atom. The Labute approximate surface area is 90.5 Å². The van der Waals surface area contributed by atoms with Gasteiger partial charge in [0.1, 0.15) is 0 Å². The van der Waals surface area contributed by atoms with Gasteiger partial charge in [0.05, 0.1) is 0 Å². The maximum absolute atomic E-state index is 11.8. The third-order valence-corrected chi connectivity index (χ3v) is 2.20. The summed E-state index contributed by atoms with van der Waals surface area (Å²) < 4.78 is 1.67. The number of nitrogens with one attached hydrogen (secondary N) is 1. The second-order valence-corrected chi connectivity index (χ2v) is 5.14. The van der Waals surface area contributed by atoms with Crippen molar-refractivity contribution in [3.8, 4) is 0 Å². The smallest absolute Gasteiger partial charge is 0.269 e. The Bertz CT molecular complexity index is 357. The highest BCUT2D eigenvalue weighted by atomic mass is 16.1. The van der Waals surface area contributed by atoms with Crippen LogP contribution in [0.3, 0.4) is 0 Å². The van der Waals surface area contributed by atoms with E-state index in [0.717, 1.165) is 18.4 Å². The summed E-state index contributed by atoms with van der Waals surface area (Å²) in [6, 6.07) is 0. The third-order valence-electron chi connectivity index (χ3n) is 2.20. The molecule has 0 fully saturated rings. The van der Waals surface area contributed by atoms with Crippen LogP contribution in [0.25, 0.3) is 0 Å². The first kappa shape index (κ1) is 12.0. The van der Waals surface area contributed by atoms with Crippen LogP contribution in [0.5, 0.6) is 0 Å². The first-order valence-electron chi connectivity index (χ1n) is 5.41. The van der Waals surface area contributed by atoms with E-state index in [2.05, 4.69) is 25.9 Å². The highest BCUT2D eigenvalue weighted by Gasteiger charge is 2.14. The molecule has 0 unspecified atom stereocenters. The number of aryl methyl sites for hydroxylation is 1. The molecule has 0 aliphatic carbocycles. The molecule has 1 aromatic rings. The molecule has 0 amide bonds. The monoisotopic (exact) mass is 211 g/mol. The molecule has 0 spiro atoms. The summed E-state index contributed by atoms with van der Waals surface area (Å²) in [5, 5.41) is 3.00. The van der Waals surface area contributed by atoms with E-state index in [9.17, 15) is 4.79 Å². The number of H-pyrrole nitrogens is 1. The summed E-state index contributed by atoms with van der Waals surface area (Å²) >= 11 is 0. The van der Waals surface area contributed by atoms with E-state index in [4.69, 9.17) is 5.73 Å². The highest BCUT2D eigenvalue weighted by Crippen LogP contribution is 2.14. The zero-order valence-corrected chi connectivity index (χ0v) is 9.84. The minimum atomic E-state index is 0.0957. The molecule has 0 saturated carbocycles. The van der Waals surface area contributed by atoms with Crippen LogP contribution in [0, 0.1) is 5.41 Å². The van der Waals surface area contributed by atoms with Crippen molar-refractivity contribution in [1.29, 1.82) is 0 Å². The van der Waals surface area contributed by atoms with E-state index in [1.807, 2.05) is 0 Å². The van der Waals surface area contributed by atoms with Gasteiger partial charge in [0.15, 0.2) is 0 Å². The molecular formula is C11H21N3O. The molecule has 86 valence electrons. The van der Waals surface area contributed by atoms with Gasteiger partial charge in [0.25, 0.3) is 5.56 Å². The Balaban J connectivity index is 2.76. The average Bonchev–Trinajstić information content (AvgIpc) is 2.43. The highest BCUT2D eigenvalue weighted by molar-refractivity contribution is 5.04. The van der Waals surface area contributed by atoms with Crippen LogP contribution < -0.4 is 11.3 Å². The number of aromatic amines is 1. The van der Waals surface area contributed by atoms with Crippen molar-refractivity contribution in [2.75, 3.05) is 6.54 Å². The molecular weight excluding hydrogens is 190 g/mol. The van der Waals surface area contributed by atoms with Gasteiger partial charge in [-0.15, -0.1) is 0 Å². The largest absolute Gasteiger partial charge is 0.330 e. The minimum absolute atomic E-state index is 0.0957. The molecule has 1 rings (SSSR count). The SMILES string of the molecule is CC(C)(C)Cn1[nH]cc(CCCN)c1=O. The number of nitrogens with zero attached hydrogens (tertiary/aromatic N) is 1. The van der Waals surface area contributed by atoms with Gasteiger partial charge < -0.3 is 10.8 Å². The molecule has 0 radical (unpaired) electrons. The molecule has 1 heterocycles. The fourth-order valence-corrected chi connectivity index (χ4v) is 1.51. The van der Waals surface area contributed by atoms with E-state index >= 15 is 0 Å². The van der Waals surface area contributed by atoms with Crippen molar-refractivity contribution in [2.45, 2.75) is 40.2 Å². The normalized spacial score (nSPS) is 12.0. The fourth-order valence-electron chi connectivity index (χ4n) is 1.51. The van der Waals surface area contributed by atoms with Crippen LogP contribution in [0.1, 0.15) is 32.8 Å². The maximum atomic E-state index is 11.8. The van der Waals surface area contributed by atoms with E-state index < -0.39 is 0 Å². The van der Waals surface area contributed by atoms with Crippen molar-refractivity contribution < 1.29 is 0 Å². The molecule has 0 aliphatic heterocycles. The van der Waals surface area contributed by atoms with Crippen LogP contribution >= 0.6 is 0 Å². The quantitative estimate of drug-likeness (QED) is 0.783. The lowest BCUT2D eigenvalue weighted by Gasteiger charge is -2.17. The topological polar surface area (TPSA) is 63.8 Å². The number of hydrogen-bond donors (Lipinski definition) is 2. The van der Waals surface area contributed by atoms with Crippen molar-refractivity contribution in [3.05, 3.63) is 22.1 Å². The van der Waals surface area contributed by atoms with Gasteiger partial charge in [0.2, 0.25) is 0 Å². The summed E-state index contributed by atoms with van der Waals surface area (Å²) in [4.78, 5) is 11.8. The second-order valence-electron chi connectivity index (χ2n) is 5.14. The summed E-state index contributed by atoms with van der Waals surface area (Å²) in [5.41, 5.74) is 6.46. The molecule has 0 saturated heterocycles. The number of aromatic nitrogens is 2. The first-order valence-corrected chi connectivity index (χ1v) is 5.41. The van der Waals surface area contributed by atoms with Crippen LogP contribution in [0.4, 0.5) is 0 Å². The van der Waals surface area contributed by atoms with Gasteiger partial charge in [-0.1, -0.05) is 20.8 Å². The molecule has 0 atom stereocenters. The zero-order chi connectivity index (χ0) is 11.5. The Morgan fingerprint density at radius 2 is 2.13 bits per heavy atom. The Kier molecular flexibility index (Phi) is 3.74. The van der Waals surface area contributed by atoms with Gasteiger partial charge >= 0.3 is 0 Å². The van der Waals surface area contributed by atoms with Crippen LogP contribution in [0.15, 0.2) is 11.0 Å². The molecule has 1 aromatic heterocycles. The van der Waals surface area contributed by atoms with Crippen LogP contribution in [-0.4, -0.2) is 16.3 Å². The molecule has 4 heteroatoms. The zero-order valence-electron chi connectivity index (χ0n) is 9.84. The molecule has 4 nitrogen and oxygen atoms in total. The third kappa shape index (κ3) is 3.55. The van der Waals surface area contributed by atoms with E-state index in [-0.39, 0.29) is 11.0 Å².